The summed E-state index contributed by atoms with van der Waals surface area (Å²) in [5, 5.41) is 0.753. The van der Waals surface area contributed by atoms with Gasteiger partial charge in [0, 0.05) is 10.6 Å². The number of ether oxygens (including phenoxy) is 2. The van der Waals surface area contributed by atoms with Crippen LogP contribution in [-0.2, 0) is 9.53 Å². The summed E-state index contributed by atoms with van der Waals surface area (Å²) in [7, 11) is 0. The molecule has 0 aliphatic heterocycles. The number of halogens is 2. The average molecular weight is 353 g/mol. The minimum atomic E-state index is -0.905. The first-order valence-electron chi connectivity index (χ1n) is 6.84. The number of hydrogen-bond acceptors (Lipinski definition) is 4. The van der Waals surface area contributed by atoms with E-state index >= 15 is 0 Å². The standard InChI is InChI=1S/C17H14Cl2O4/c1-11(23-16-8-7-13(18)9-14(16)19)17(21)22-10-15(20)12-5-3-2-4-6-12/h2-9,11H,10H2,1H3. The van der Waals surface area contributed by atoms with Crippen molar-refractivity contribution in [3.63, 3.8) is 0 Å². The fourth-order valence-corrected chi connectivity index (χ4v) is 2.22. The Kier molecular flexibility index (Phi) is 6.02. The van der Waals surface area contributed by atoms with Crippen LogP contribution in [0.25, 0.3) is 0 Å². The lowest BCUT2D eigenvalue weighted by atomic mass is 10.1. The highest BCUT2D eigenvalue weighted by molar-refractivity contribution is 6.35. The summed E-state index contributed by atoms with van der Waals surface area (Å²) < 4.78 is 10.4. The molecular formula is C17H14Cl2O4. The second-order valence-corrected chi connectivity index (χ2v) is 5.58. The van der Waals surface area contributed by atoms with E-state index in [4.69, 9.17) is 32.7 Å². The van der Waals surface area contributed by atoms with Crippen molar-refractivity contribution in [2.24, 2.45) is 0 Å². The maximum Gasteiger partial charge on any atom is 0.347 e. The molecule has 0 aliphatic rings. The highest BCUT2D eigenvalue weighted by Crippen LogP contribution is 2.28. The molecule has 0 aromatic heterocycles. The number of carbonyl (C=O) groups excluding carboxylic acids is 2. The molecule has 0 saturated carbocycles. The van der Waals surface area contributed by atoms with Crippen molar-refractivity contribution in [1.29, 1.82) is 0 Å². The van der Waals surface area contributed by atoms with Gasteiger partial charge in [0.2, 0.25) is 0 Å². The van der Waals surface area contributed by atoms with Crippen LogP contribution in [0.4, 0.5) is 0 Å². The maximum atomic E-state index is 11.9. The molecule has 1 unspecified atom stereocenters. The second kappa shape index (κ2) is 7.99. The quantitative estimate of drug-likeness (QED) is 0.577. The number of esters is 1. The molecule has 6 heteroatoms. The van der Waals surface area contributed by atoms with Crippen molar-refractivity contribution in [2.45, 2.75) is 13.0 Å². The van der Waals surface area contributed by atoms with Crippen LogP contribution in [-0.4, -0.2) is 24.5 Å². The molecule has 0 spiro atoms. The first-order valence-corrected chi connectivity index (χ1v) is 7.59. The number of benzene rings is 2. The molecule has 1 atom stereocenters. The van der Waals surface area contributed by atoms with Crippen LogP contribution in [0.15, 0.2) is 48.5 Å². The van der Waals surface area contributed by atoms with Crippen molar-refractivity contribution in [3.05, 3.63) is 64.1 Å². The molecule has 4 nitrogen and oxygen atoms in total. The Bertz CT molecular complexity index is 701. The maximum absolute atomic E-state index is 11.9. The van der Waals surface area contributed by atoms with Gasteiger partial charge in [-0.25, -0.2) is 4.79 Å². The molecule has 120 valence electrons. The summed E-state index contributed by atoms with van der Waals surface area (Å²) in [4.78, 5) is 23.8. The van der Waals surface area contributed by atoms with Gasteiger partial charge in [-0.3, -0.25) is 4.79 Å². The molecule has 0 N–H and O–H groups in total. The molecule has 0 amide bonds. The van der Waals surface area contributed by atoms with E-state index in [-0.39, 0.29) is 17.4 Å². The third-order valence-corrected chi connectivity index (χ3v) is 3.50. The predicted molar refractivity (Wildman–Crippen MR) is 88.3 cm³/mol. The van der Waals surface area contributed by atoms with Crippen molar-refractivity contribution < 1.29 is 19.1 Å². The van der Waals surface area contributed by atoms with E-state index in [0.717, 1.165) is 0 Å². The van der Waals surface area contributed by atoms with Gasteiger partial charge in [-0.1, -0.05) is 53.5 Å². The molecule has 2 rings (SSSR count). The van der Waals surface area contributed by atoms with Crippen LogP contribution < -0.4 is 4.74 Å². The number of ketones is 1. The van der Waals surface area contributed by atoms with Gasteiger partial charge in [-0.05, 0) is 25.1 Å². The van der Waals surface area contributed by atoms with Gasteiger partial charge in [-0.15, -0.1) is 0 Å². The second-order valence-electron chi connectivity index (χ2n) is 4.73. The summed E-state index contributed by atoms with van der Waals surface area (Å²) in [5.41, 5.74) is 0.481. The van der Waals surface area contributed by atoms with E-state index in [2.05, 4.69) is 0 Å². The number of carbonyl (C=O) groups is 2. The Morgan fingerprint density at radius 3 is 2.43 bits per heavy atom. The van der Waals surface area contributed by atoms with Gasteiger partial charge in [-0.2, -0.15) is 0 Å². The first kappa shape index (κ1) is 17.3. The lowest BCUT2D eigenvalue weighted by Gasteiger charge is -2.14. The average Bonchev–Trinajstić information content (AvgIpc) is 2.55. The van der Waals surface area contributed by atoms with Crippen LogP contribution in [0.2, 0.25) is 10.0 Å². The molecule has 2 aromatic rings. The Morgan fingerprint density at radius 1 is 1.09 bits per heavy atom. The summed E-state index contributed by atoms with van der Waals surface area (Å²) in [6, 6.07) is 13.3. The van der Waals surface area contributed by atoms with Crippen molar-refractivity contribution in [2.75, 3.05) is 6.61 Å². The lowest BCUT2D eigenvalue weighted by molar-refractivity contribution is -0.149. The Hall–Kier alpha value is -2.04. The summed E-state index contributed by atoms with van der Waals surface area (Å²) in [5.74, 6) is -0.620. The zero-order chi connectivity index (χ0) is 16.8. The molecule has 23 heavy (non-hydrogen) atoms. The van der Waals surface area contributed by atoms with Gasteiger partial charge < -0.3 is 9.47 Å². The largest absolute Gasteiger partial charge is 0.477 e. The van der Waals surface area contributed by atoms with Crippen molar-refractivity contribution in [1.82, 2.24) is 0 Å². The minimum absolute atomic E-state index is 0.282. The molecule has 0 heterocycles. The van der Waals surface area contributed by atoms with Gasteiger partial charge in [0.25, 0.3) is 0 Å². The monoisotopic (exact) mass is 352 g/mol. The summed E-state index contributed by atoms with van der Waals surface area (Å²) in [6.45, 7) is 1.17. The molecule has 0 fully saturated rings. The topological polar surface area (TPSA) is 52.6 Å². The van der Waals surface area contributed by atoms with Crippen LogP contribution >= 0.6 is 23.2 Å². The van der Waals surface area contributed by atoms with Crippen LogP contribution in [0.3, 0.4) is 0 Å². The van der Waals surface area contributed by atoms with Gasteiger partial charge >= 0.3 is 5.97 Å². The van der Waals surface area contributed by atoms with E-state index in [1.165, 1.54) is 13.0 Å². The third-order valence-electron chi connectivity index (χ3n) is 2.97. The fourth-order valence-electron chi connectivity index (χ4n) is 1.77. The normalized spacial score (nSPS) is 11.6. The molecule has 0 saturated heterocycles. The van der Waals surface area contributed by atoms with E-state index < -0.39 is 12.1 Å². The number of Topliss-reactive ketones (excluding diaryl/α,β-unsaturated/α-hetero) is 1. The molecule has 2 aromatic carbocycles. The highest BCUT2D eigenvalue weighted by atomic mass is 35.5. The van der Waals surface area contributed by atoms with E-state index in [9.17, 15) is 9.59 Å². The van der Waals surface area contributed by atoms with Crippen LogP contribution in [0.5, 0.6) is 5.75 Å². The summed E-state index contributed by atoms with van der Waals surface area (Å²) >= 11 is 11.8. The van der Waals surface area contributed by atoms with Gasteiger partial charge in [0.15, 0.2) is 18.5 Å². The smallest absolute Gasteiger partial charge is 0.347 e. The third kappa shape index (κ3) is 4.98. The molecule has 0 bridgehead atoms. The van der Waals surface area contributed by atoms with Gasteiger partial charge in [0.1, 0.15) is 5.75 Å². The Balaban J connectivity index is 1.89. The molecular weight excluding hydrogens is 339 g/mol. The lowest BCUT2D eigenvalue weighted by Crippen LogP contribution is -2.28. The zero-order valence-corrected chi connectivity index (χ0v) is 13.8. The fraction of sp³-hybridized carbons (Fsp3) is 0.176. The van der Waals surface area contributed by atoms with Crippen molar-refractivity contribution in [3.8, 4) is 5.75 Å². The van der Waals surface area contributed by atoms with Crippen LogP contribution in [0.1, 0.15) is 17.3 Å². The number of rotatable bonds is 6. The highest BCUT2D eigenvalue weighted by Gasteiger charge is 2.19. The molecule has 0 aliphatic carbocycles. The van der Waals surface area contributed by atoms with Crippen molar-refractivity contribution >= 4 is 35.0 Å². The predicted octanol–water partition coefficient (Wildman–Crippen LogP) is 4.19. The van der Waals surface area contributed by atoms with Crippen LogP contribution in [0, 0.1) is 0 Å². The first-order chi connectivity index (χ1) is 11.0. The zero-order valence-electron chi connectivity index (χ0n) is 12.3. The van der Waals surface area contributed by atoms with Gasteiger partial charge in [0.05, 0.1) is 5.02 Å². The molecule has 0 radical (unpaired) electrons. The SMILES string of the molecule is CC(Oc1ccc(Cl)cc1Cl)C(=O)OCC(=O)c1ccccc1. The Labute approximate surface area is 143 Å². The Morgan fingerprint density at radius 2 is 1.78 bits per heavy atom. The minimum Gasteiger partial charge on any atom is -0.477 e. The summed E-state index contributed by atoms with van der Waals surface area (Å²) in [6.07, 6.45) is -0.905. The van der Waals surface area contributed by atoms with E-state index in [1.807, 2.05) is 0 Å². The van der Waals surface area contributed by atoms with E-state index in [1.54, 1.807) is 42.5 Å². The van der Waals surface area contributed by atoms with E-state index in [0.29, 0.717) is 16.3 Å². The number of hydrogen-bond donors (Lipinski definition) is 0.